The van der Waals surface area contributed by atoms with Gasteiger partial charge in [-0.2, -0.15) is 0 Å². The Kier molecular flexibility index (Phi) is 3.45. The highest BCUT2D eigenvalue weighted by molar-refractivity contribution is 5.70. The lowest BCUT2D eigenvalue weighted by Crippen LogP contribution is -2.18. The maximum Gasteiger partial charge on any atom is 0.407 e. The van der Waals surface area contributed by atoms with Crippen LogP contribution in [-0.2, 0) is 4.74 Å². The van der Waals surface area contributed by atoms with E-state index >= 15 is 0 Å². The number of rotatable bonds is 4. The number of hydrogen-bond acceptors (Lipinski definition) is 5. The van der Waals surface area contributed by atoms with Gasteiger partial charge in [0.25, 0.3) is 0 Å². The molecule has 1 amide bonds. The first-order chi connectivity index (χ1) is 8.69. The zero-order valence-corrected chi connectivity index (χ0v) is 10.5. The molecule has 1 aliphatic rings. The second-order valence-corrected chi connectivity index (χ2v) is 3.75. The number of amides is 1. The van der Waals surface area contributed by atoms with Crippen LogP contribution < -0.4 is 19.5 Å². The van der Waals surface area contributed by atoms with E-state index in [9.17, 15) is 4.79 Å². The summed E-state index contributed by atoms with van der Waals surface area (Å²) >= 11 is 0. The van der Waals surface area contributed by atoms with Crippen molar-refractivity contribution in [2.75, 3.05) is 27.9 Å². The molecule has 6 heteroatoms. The Bertz CT molecular complexity index is 435. The first-order valence-corrected chi connectivity index (χ1v) is 5.42. The summed E-state index contributed by atoms with van der Waals surface area (Å²) in [5, 5.41) is 2.70. The Morgan fingerprint density at radius 1 is 1.17 bits per heavy atom. The van der Waals surface area contributed by atoms with Gasteiger partial charge >= 0.3 is 6.09 Å². The normalized spacial score (nSPS) is 17.9. The highest BCUT2D eigenvalue weighted by Gasteiger charge is 2.26. The molecule has 0 bridgehead atoms. The van der Waals surface area contributed by atoms with Crippen molar-refractivity contribution in [3.8, 4) is 17.2 Å². The van der Waals surface area contributed by atoms with E-state index in [1.54, 1.807) is 33.5 Å². The summed E-state index contributed by atoms with van der Waals surface area (Å²) in [6, 6.07) is 3.38. The summed E-state index contributed by atoms with van der Waals surface area (Å²) in [5.41, 5.74) is 0.843. The third-order valence-electron chi connectivity index (χ3n) is 2.76. The summed E-state index contributed by atoms with van der Waals surface area (Å²) < 4.78 is 20.6. The number of hydrogen-bond donors (Lipinski definition) is 1. The molecule has 1 fully saturated rings. The van der Waals surface area contributed by atoms with Crippen LogP contribution >= 0.6 is 0 Å². The lowest BCUT2D eigenvalue weighted by atomic mass is 10.1. The summed E-state index contributed by atoms with van der Waals surface area (Å²) in [6.45, 7) is 0.289. The second kappa shape index (κ2) is 5.03. The van der Waals surface area contributed by atoms with Crippen molar-refractivity contribution in [2.45, 2.75) is 6.04 Å². The minimum atomic E-state index is -0.422. The fourth-order valence-corrected chi connectivity index (χ4v) is 1.87. The van der Waals surface area contributed by atoms with E-state index in [-0.39, 0.29) is 12.6 Å². The number of carbonyl (C=O) groups excluding carboxylic acids is 1. The predicted octanol–water partition coefficient (Wildman–Crippen LogP) is 1.49. The van der Waals surface area contributed by atoms with Gasteiger partial charge in [-0.1, -0.05) is 0 Å². The molecule has 0 unspecified atom stereocenters. The first-order valence-electron chi connectivity index (χ1n) is 5.42. The monoisotopic (exact) mass is 253 g/mol. The van der Waals surface area contributed by atoms with Gasteiger partial charge in [0.1, 0.15) is 6.61 Å². The number of ether oxygens (including phenoxy) is 4. The van der Waals surface area contributed by atoms with Crippen molar-refractivity contribution in [2.24, 2.45) is 0 Å². The van der Waals surface area contributed by atoms with Gasteiger partial charge in [0, 0.05) is 0 Å². The number of nitrogens with one attached hydrogen (secondary N) is 1. The van der Waals surface area contributed by atoms with Crippen molar-refractivity contribution in [3.05, 3.63) is 17.7 Å². The van der Waals surface area contributed by atoms with Crippen LogP contribution in [0, 0.1) is 0 Å². The molecule has 1 N–H and O–H groups in total. The maximum absolute atomic E-state index is 11.0. The Hall–Kier alpha value is -2.11. The van der Waals surface area contributed by atoms with Gasteiger partial charge in [-0.25, -0.2) is 4.79 Å². The van der Waals surface area contributed by atoms with Crippen LogP contribution in [0.1, 0.15) is 11.6 Å². The van der Waals surface area contributed by atoms with E-state index in [2.05, 4.69) is 5.32 Å². The lowest BCUT2D eigenvalue weighted by molar-refractivity contribution is 0.177. The van der Waals surface area contributed by atoms with E-state index in [0.29, 0.717) is 17.2 Å². The third-order valence-corrected chi connectivity index (χ3v) is 2.76. The fourth-order valence-electron chi connectivity index (χ4n) is 1.87. The number of alkyl carbamates (subject to hydrolysis) is 1. The number of carbonyl (C=O) groups is 1. The van der Waals surface area contributed by atoms with Gasteiger partial charge in [-0.3, -0.25) is 0 Å². The molecule has 1 saturated heterocycles. The molecule has 1 aromatic carbocycles. The highest BCUT2D eigenvalue weighted by atomic mass is 16.6. The average Bonchev–Trinajstić information content (AvgIpc) is 2.83. The van der Waals surface area contributed by atoms with Crippen LogP contribution in [0.15, 0.2) is 12.1 Å². The van der Waals surface area contributed by atoms with Crippen LogP contribution in [0.25, 0.3) is 0 Å². The zero-order chi connectivity index (χ0) is 13.1. The summed E-state index contributed by atoms with van der Waals surface area (Å²) in [5.74, 6) is 1.62. The molecule has 0 aromatic heterocycles. The van der Waals surface area contributed by atoms with Crippen LogP contribution in [0.3, 0.4) is 0 Å². The van der Waals surface area contributed by atoms with Crippen LogP contribution in [0.4, 0.5) is 4.79 Å². The van der Waals surface area contributed by atoms with Crippen molar-refractivity contribution in [1.82, 2.24) is 5.32 Å². The van der Waals surface area contributed by atoms with Gasteiger partial charge in [-0.05, 0) is 17.7 Å². The maximum atomic E-state index is 11.0. The summed E-state index contributed by atoms with van der Waals surface area (Å²) in [4.78, 5) is 11.0. The quantitative estimate of drug-likeness (QED) is 0.880. The Morgan fingerprint density at radius 2 is 1.78 bits per heavy atom. The Labute approximate surface area is 105 Å². The number of methoxy groups -OCH3 is 3. The summed E-state index contributed by atoms with van der Waals surface area (Å²) in [7, 11) is 4.64. The molecule has 18 heavy (non-hydrogen) atoms. The van der Waals surface area contributed by atoms with Crippen LogP contribution in [-0.4, -0.2) is 34.0 Å². The minimum absolute atomic E-state index is 0.203. The van der Waals surface area contributed by atoms with E-state index in [1.807, 2.05) is 0 Å². The predicted molar refractivity (Wildman–Crippen MR) is 63.3 cm³/mol. The topological polar surface area (TPSA) is 66.0 Å². The first kappa shape index (κ1) is 12.3. The molecule has 1 heterocycles. The van der Waals surface area contributed by atoms with E-state index in [0.717, 1.165) is 5.56 Å². The molecule has 6 nitrogen and oxygen atoms in total. The van der Waals surface area contributed by atoms with Gasteiger partial charge in [-0.15, -0.1) is 0 Å². The second-order valence-electron chi connectivity index (χ2n) is 3.75. The SMILES string of the molecule is COc1cc([C@@H]2COC(=O)N2)cc(OC)c1OC. The van der Waals surface area contributed by atoms with Crippen molar-refractivity contribution in [1.29, 1.82) is 0 Å². The molecule has 1 atom stereocenters. The molecule has 98 valence electrons. The Morgan fingerprint density at radius 3 is 2.17 bits per heavy atom. The minimum Gasteiger partial charge on any atom is -0.493 e. The van der Waals surface area contributed by atoms with Gasteiger partial charge < -0.3 is 24.3 Å². The number of cyclic esters (lactones) is 1. The molecule has 1 aromatic rings. The fraction of sp³-hybridized carbons (Fsp3) is 0.417. The molecule has 0 radical (unpaired) electrons. The van der Waals surface area contributed by atoms with E-state index < -0.39 is 6.09 Å². The Balaban J connectivity index is 2.40. The number of benzene rings is 1. The molecular formula is C12H15NO5. The van der Waals surface area contributed by atoms with Gasteiger partial charge in [0.05, 0.1) is 27.4 Å². The van der Waals surface area contributed by atoms with Crippen LogP contribution in [0.5, 0.6) is 17.2 Å². The van der Waals surface area contributed by atoms with E-state index in [4.69, 9.17) is 18.9 Å². The molecule has 0 saturated carbocycles. The third kappa shape index (κ3) is 2.13. The smallest absolute Gasteiger partial charge is 0.407 e. The van der Waals surface area contributed by atoms with Crippen molar-refractivity contribution in [3.63, 3.8) is 0 Å². The zero-order valence-electron chi connectivity index (χ0n) is 10.5. The highest BCUT2D eigenvalue weighted by Crippen LogP contribution is 2.40. The standard InChI is InChI=1S/C12H15NO5/c1-15-9-4-7(8-6-18-12(14)13-8)5-10(16-2)11(9)17-3/h4-5,8H,6H2,1-3H3,(H,13,14)/t8-/m0/s1. The van der Waals surface area contributed by atoms with E-state index in [1.165, 1.54) is 0 Å². The van der Waals surface area contributed by atoms with Crippen molar-refractivity contribution < 1.29 is 23.7 Å². The largest absolute Gasteiger partial charge is 0.493 e. The average molecular weight is 253 g/mol. The van der Waals surface area contributed by atoms with Crippen molar-refractivity contribution >= 4 is 6.09 Å². The molecule has 1 aliphatic heterocycles. The van der Waals surface area contributed by atoms with Crippen LogP contribution in [0.2, 0.25) is 0 Å². The van der Waals surface area contributed by atoms with Gasteiger partial charge in [0.2, 0.25) is 5.75 Å². The lowest BCUT2D eigenvalue weighted by Gasteiger charge is -2.16. The molecule has 2 rings (SSSR count). The molecule has 0 spiro atoms. The molecular weight excluding hydrogens is 238 g/mol. The molecule has 0 aliphatic carbocycles. The summed E-state index contributed by atoms with van der Waals surface area (Å²) in [6.07, 6.45) is -0.422. The van der Waals surface area contributed by atoms with Gasteiger partial charge in [0.15, 0.2) is 11.5 Å².